The minimum atomic E-state index is -0.196. The minimum absolute atomic E-state index is 0.105. The van der Waals surface area contributed by atoms with Gasteiger partial charge in [0.15, 0.2) is 0 Å². The molecule has 0 saturated carbocycles. The summed E-state index contributed by atoms with van der Waals surface area (Å²) in [7, 11) is 0. The van der Waals surface area contributed by atoms with E-state index in [0.717, 1.165) is 29.7 Å². The average molecular weight is 357 g/mol. The molecule has 21 heavy (non-hydrogen) atoms. The molecule has 1 unspecified atom stereocenters. The molecule has 0 bridgehead atoms. The van der Waals surface area contributed by atoms with E-state index in [2.05, 4.69) is 60.8 Å². The number of benzene rings is 1. The summed E-state index contributed by atoms with van der Waals surface area (Å²) < 4.78 is 14.1. The zero-order valence-corrected chi connectivity index (χ0v) is 15.2. The number of rotatable bonds is 2. The van der Waals surface area contributed by atoms with Gasteiger partial charge in [-0.25, -0.2) is 4.39 Å². The first-order chi connectivity index (χ1) is 9.58. The molecule has 1 fully saturated rings. The first-order valence-electron chi connectivity index (χ1n) is 7.51. The predicted octanol–water partition coefficient (Wildman–Crippen LogP) is 4.19. The van der Waals surface area contributed by atoms with Gasteiger partial charge in [-0.1, -0.05) is 42.8 Å². The molecule has 0 radical (unpaired) electrons. The van der Waals surface area contributed by atoms with E-state index in [1.807, 2.05) is 6.07 Å². The monoisotopic (exact) mass is 356 g/mol. The molecule has 0 spiro atoms. The van der Waals surface area contributed by atoms with Crippen LogP contribution in [0.5, 0.6) is 0 Å². The smallest absolute Gasteiger partial charge is 0.124 e. The lowest BCUT2D eigenvalue weighted by Crippen LogP contribution is -2.64. The van der Waals surface area contributed by atoms with Crippen molar-refractivity contribution in [1.29, 1.82) is 0 Å². The molecule has 0 amide bonds. The number of hydrogen-bond acceptors (Lipinski definition) is 2. The SMILES string of the molecule is CC1(C)CN(Cc2ccc(F)cc2Br)C(C(C)(C)C)CN1. The zero-order chi connectivity index (χ0) is 15.8. The molecule has 1 heterocycles. The number of halogens is 2. The molecule has 2 rings (SSSR count). The summed E-state index contributed by atoms with van der Waals surface area (Å²) in [5.41, 5.74) is 1.45. The van der Waals surface area contributed by atoms with E-state index in [0.29, 0.717) is 6.04 Å². The lowest BCUT2D eigenvalue weighted by molar-refractivity contribution is 0.0270. The van der Waals surface area contributed by atoms with Crippen LogP contribution in [0.1, 0.15) is 40.2 Å². The van der Waals surface area contributed by atoms with Gasteiger partial charge in [-0.3, -0.25) is 4.90 Å². The van der Waals surface area contributed by atoms with Gasteiger partial charge in [0, 0.05) is 35.7 Å². The van der Waals surface area contributed by atoms with E-state index in [9.17, 15) is 4.39 Å². The summed E-state index contributed by atoms with van der Waals surface area (Å²) in [6.07, 6.45) is 0. The highest BCUT2D eigenvalue weighted by molar-refractivity contribution is 9.10. The lowest BCUT2D eigenvalue weighted by atomic mass is 9.82. The average Bonchev–Trinajstić information content (AvgIpc) is 2.30. The second-order valence-electron chi connectivity index (χ2n) is 7.79. The Balaban J connectivity index is 2.24. The molecule has 2 nitrogen and oxygen atoms in total. The van der Waals surface area contributed by atoms with E-state index < -0.39 is 0 Å². The van der Waals surface area contributed by atoms with Crippen LogP contribution in [0, 0.1) is 11.2 Å². The molecule has 0 aliphatic carbocycles. The highest BCUT2D eigenvalue weighted by atomic mass is 79.9. The fraction of sp³-hybridized carbons (Fsp3) is 0.647. The van der Waals surface area contributed by atoms with Crippen LogP contribution in [0.2, 0.25) is 0 Å². The van der Waals surface area contributed by atoms with E-state index in [-0.39, 0.29) is 16.8 Å². The lowest BCUT2D eigenvalue weighted by Gasteiger charge is -2.49. The molecule has 1 aromatic rings. The number of nitrogens with zero attached hydrogens (tertiary/aromatic N) is 1. The second-order valence-corrected chi connectivity index (χ2v) is 8.64. The van der Waals surface area contributed by atoms with Gasteiger partial charge >= 0.3 is 0 Å². The Morgan fingerprint density at radius 3 is 2.62 bits per heavy atom. The predicted molar refractivity (Wildman–Crippen MR) is 89.8 cm³/mol. The van der Waals surface area contributed by atoms with Crippen molar-refractivity contribution in [2.75, 3.05) is 13.1 Å². The van der Waals surface area contributed by atoms with Gasteiger partial charge in [-0.15, -0.1) is 0 Å². The quantitative estimate of drug-likeness (QED) is 0.854. The van der Waals surface area contributed by atoms with E-state index >= 15 is 0 Å². The fourth-order valence-corrected chi connectivity index (χ4v) is 3.54. The highest BCUT2D eigenvalue weighted by Gasteiger charge is 2.38. The molecule has 0 aromatic heterocycles. The van der Waals surface area contributed by atoms with Crippen molar-refractivity contribution in [3.05, 3.63) is 34.1 Å². The summed E-state index contributed by atoms with van der Waals surface area (Å²) in [6, 6.07) is 5.44. The van der Waals surface area contributed by atoms with Crippen molar-refractivity contribution in [2.24, 2.45) is 5.41 Å². The third kappa shape index (κ3) is 4.27. The number of hydrogen-bond donors (Lipinski definition) is 1. The molecule has 1 aliphatic heterocycles. The standard InChI is InChI=1S/C17H26BrFN2/c1-16(2,3)15-9-20-17(4,5)11-21(15)10-12-6-7-13(19)8-14(12)18/h6-8,15,20H,9-11H2,1-5H3. The summed E-state index contributed by atoms with van der Waals surface area (Å²) >= 11 is 3.49. The topological polar surface area (TPSA) is 15.3 Å². The zero-order valence-electron chi connectivity index (χ0n) is 13.6. The van der Waals surface area contributed by atoms with E-state index in [1.54, 1.807) is 12.1 Å². The third-order valence-electron chi connectivity index (χ3n) is 4.20. The van der Waals surface area contributed by atoms with Crippen LogP contribution in [-0.4, -0.2) is 29.6 Å². The summed E-state index contributed by atoms with van der Waals surface area (Å²) in [4.78, 5) is 2.52. The first-order valence-corrected chi connectivity index (χ1v) is 8.31. The van der Waals surface area contributed by atoms with Crippen LogP contribution >= 0.6 is 15.9 Å². The van der Waals surface area contributed by atoms with Gasteiger partial charge in [0.2, 0.25) is 0 Å². The molecule has 118 valence electrons. The third-order valence-corrected chi connectivity index (χ3v) is 4.94. The van der Waals surface area contributed by atoms with Crippen LogP contribution in [-0.2, 0) is 6.54 Å². The Labute approximate surface area is 136 Å². The van der Waals surface area contributed by atoms with Crippen molar-refractivity contribution in [1.82, 2.24) is 10.2 Å². The van der Waals surface area contributed by atoms with Crippen molar-refractivity contribution in [3.63, 3.8) is 0 Å². The van der Waals surface area contributed by atoms with E-state index in [1.165, 1.54) is 0 Å². The van der Waals surface area contributed by atoms with Gasteiger partial charge in [0.25, 0.3) is 0 Å². The van der Waals surface area contributed by atoms with Crippen LogP contribution in [0.25, 0.3) is 0 Å². The minimum Gasteiger partial charge on any atom is -0.309 e. The van der Waals surface area contributed by atoms with Crippen molar-refractivity contribution < 1.29 is 4.39 Å². The van der Waals surface area contributed by atoms with Crippen LogP contribution in [0.3, 0.4) is 0 Å². The largest absolute Gasteiger partial charge is 0.309 e. The normalized spacial score (nSPS) is 23.3. The molecule has 1 atom stereocenters. The maximum atomic E-state index is 13.3. The second kappa shape index (κ2) is 5.98. The van der Waals surface area contributed by atoms with Gasteiger partial charge in [0.1, 0.15) is 5.82 Å². The molecule has 1 aromatic carbocycles. The molecule has 4 heteroatoms. The van der Waals surface area contributed by atoms with Crippen molar-refractivity contribution >= 4 is 15.9 Å². The Morgan fingerprint density at radius 2 is 2.05 bits per heavy atom. The number of nitrogens with one attached hydrogen (secondary N) is 1. The Morgan fingerprint density at radius 1 is 1.38 bits per heavy atom. The molecular weight excluding hydrogens is 331 g/mol. The maximum Gasteiger partial charge on any atom is 0.124 e. The Bertz CT molecular complexity index is 508. The summed E-state index contributed by atoms with van der Waals surface area (Å²) in [5, 5.41) is 3.64. The highest BCUT2D eigenvalue weighted by Crippen LogP contribution is 2.31. The molecule has 1 N–H and O–H groups in total. The molecule has 1 saturated heterocycles. The molecule has 1 aliphatic rings. The van der Waals surface area contributed by atoms with Crippen LogP contribution in [0.15, 0.2) is 22.7 Å². The fourth-order valence-electron chi connectivity index (χ4n) is 3.06. The van der Waals surface area contributed by atoms with E-state index in [4.69, 9.17) is 0 Å². The summed E-state index contributed by atoms with van der Waals surface area (Å²) in [5.74, 6) is -0.196. The van der Waals surface area contributed by atoms with Crippen molar-refractivity contribution in [2.45, 2.75) is 52.7 Å². The van der Waals surface area contributed by atoms with Crippen LogP contribution < -0.4 is 5.32 Å². The maximum absolute atomic E-state index is 13.3. The first kappa shape index (κ1) is 16.9. The van der Waals surface area contributed by atoms with Gasteiger partial charge in [-0.2, -0.15) is 0 Å². The molecular formula is C17H26BrFN2. The Kier molecular flexibility index (Phi) is 4.81. The number of piperazine rings is 1. The Hall–Kier alpha value is -0.450. The van der Waals surface area contributed by atoms with Gasteiger partial charge in [0.05, 0.1) is 0 Å². The van der Waals surface area contributed by atoms with Crippen molar-refractivity contribution in [3.8, 4) is 0 Å². The van der Waals surface area contributed by atoms with Crippen LogP contribution in [0.4, 0.5) is 4.39 Å². The van der Waals surface area contributed by atoms with Gasteiger partial charge < -0.3 is 5.32 Å². The summed E-state index contributed by atoms with van der Waals surface area (Å²) in [6.45, 7) is 14.1. The van der Waals surface area contributed by atoms with Gasteiger partial charge in [-0.05, 0) is 37.0 Å².